The maximum Gasteiger partial charge on any atom is 0.0162 e. The van der Waals surface area contributed by atoms with Crippen molar-refractivity contribution in [1.82, 2.24) is 4.90 Å². The van der Waals surface area contributed by atoms with E-state index in [0.29, 0.717) is 36.2 Å². The van der Waals surface area contributed by atoms with E-state index < -0.39 is 0 Å². The van der Waals surface area contributed by atoms with Crippen LogP contribution >= 0.6 is 12.2 Å². The minimum Gasteiger partial charge on any atom is -0.411 e. The quantitative estimate of drug-likeness (QED) is 0.368. The number of phenols is 1. The van der Waals surface area contributed by atoms with Gasteiger partial charge in [0.1, 0.15) is 0 Å². The van der Waals surface area contributed by atoms with Crippen LogP contribution in [0.15, 0.2) is 24.3 Å². The van der Waals surface area contributed by atoms with Crippen molar-refractivity contribution >= 4 is 32.2 Å². The molecule has 1 aromatic carbocycles. The Bertz CT molecular complexity index is 346. The molecule has 1 aliphatic heterocycles. The molecule has 0 aliphatic carbocycles. The molecule has 17 heavy (non-hydrogen) atoms. The molecule has 0 atom stereocenters. The van der Waals surface area contributed by atoms with Gasteiger partial charge in [0, 0.05) is 13.1 Å². The fraction of sp³-hybridized carbons (Fsp3) is 0.417. The van der Waals surface area contributed by atoms with E-state index in [0.717, 1.165) is 16.2 Å². The molecule has 0 radical (unpaired) electrons. The third-order valence-corrected chi connectivity index (χ3v) is 5.45. The van der Waals surface area contributed by atoms with Crippen LogP contribution in [0.25, 0.3) is 0 Å². The number of rotatable bonds is 0. The van der Waals surface area contributed by atoms with Gasteiger partial charge in [-0.1, -0.05) is 4.32 Å². The second kappa shape index (κ2) is 8.22. The number of para-hydroxylation sites is 1. The van der Waals surface area contributed by atoms with Crippen LogP contribution in [-0.4, -0.2) is 27.4 Å². The summed E-state index contributed by atoms with van der Waals surface area (Å²) in [7, 11) is 0. The average Bonchev–Trinajstić information content (AvgIpc) is 2.35. The van der Waals surface area contributed by atoms with Crippen LogP contribution in [0.1, 0.15) is 19.3 Å². The molecule has 0 saturated carbocycles. The van der Waals surface area contributed by atoms with Gasteiger partial charge in [0.25, 0.3) is 0 Å². The van der Waals surface area contributed by atoms with Crippen LogP contribution in [0.4, 0.5) is 0 Å². The second-order valence-corrected chi connectivity index (χ2v) is 7.94. The molecule has 2 rings (SSSR count). The minimum atomic E-state index is 0.454. The second-order valence-electron chi connectivity index (χ2n) is 3.94. The fourth-order valence-electron chi connectivity index (χ4n) is 1.59. The first-order valence-corrected chi connectivity index (χ1v) is 9.23. The summed E-state index contributed by atoms with van der Waals surface area (Å²) >= 11 is 10.3. The van der Waals surface area contributed by atoms with E-state index in [4.69, 9.17) is 30.0 Å². The molecule has 1 saturated heterocycles. The summed E-state index contributed by atoms with van der Waals surface area (Å²) in [5.41, 5.74) is 0. The number of aromatic hydroxyl groups is 1. The van der Waals surface area contributed by atoms with Crippen molar-refractivity contribution in [3.05, 3.63) is 24.3 Å². The number of hydrogen-bond donors (Lipinski definition) is 1. The Labute approximate surface area is 130 Å². The maximum absolute atomic E-state index is 8.97. The zero-order valence-electron chi connectivity index (χ0n) is 9.76. The molecular formula is C12H15HgNOS2. The normalized spacial score (nSPS) is 14.8. The number of phenolic OH excluding ortho intramolecular Hbond substituents is 1. The van der Waals surface area contributed by atoms with Crippen LogP contribution in [-0.2, 0) is 38.8 Å². The minimum absolute atomic E-state index is 0.454. The summed E-state index contributed by atoms with van der Waals surface area (Å²) in [6.45, 7) is 2.17. The Morgan fingerprint density at radius 3 is 2.18 bits per heavy atom. The molecule has 2 nitrogen and oxygen atoms in total. The van der Waals surface area contributed by atoms with E-state index in [2.05, 4.69) is 4.90 Å². The molecule has 88 valence electrons. The first-order chi connectivity index (χ1) is 8.11. The van der Waals surface area contributed by atoms with Crippen LogP contribution < -0.4 is 3.07 Å². The van der Waals surface area contributed by atoms with Gasteiger partial charge < -0.3 is 29.7 Å². The molecular weight excluding hydrogens is 439 g/mol. The topological polar surface area (TPSA) is 23.5 Å². The van der Waals surface area contributed by atoms with E-state index in [1.165, 1.54) is 19.3 Å². The largest absolute Gasteiger partial charge is 0.411 e. The molecule has 5 heteroatoms. The molecule has 1 aromatic rings. The van der Waals surface area contributed by atoms with Crippen LogP contribution in [0.3, 0.4) is 0 Å². The van der Waals surface area contributed by atoms with Crippen molar-refractivity contribution in [2.75, 3.05) is 13.1 Å². The summed E-state index contributed by atoms with van der Waals surface area (Å²) in [5, 5.41) is 8.97. The summed E-state index contributed by atoms with van der Waals surface area (Å²) < 4.78 is 1.77. The average molecular weight is 454 g/mol. The van der Waals surface area contributed by atoms with Crippen LogP contribution in [0.2, 0.25) is 0 Å². The molecule has 1 fully saturated rings. The van der Waals surface area contributed by atoms with Crippen molar-refractivity contribution in [3.63, 3.8) is 0 Å². The van der Waals surface area contributed by atoms with Crippen LogP contribution in [0, 0.1) is 0 Å². The van der Waals surface area contributed by atoms with E-state index >= 15 is 0 Å². The van der Waals surface area contributed by atoms with Crippen molar-refractivity contribution < 1.29 is 31.2 Å². The van der Waals surface area contributed by atoms with Gasteiger partial charge in [0.15, 0.2) is 0 Å². The smallest absolute Gasteiger partial charge is 0.0162 e. The molecule has 1 aliphatic rings. The Kier molecular flexibility index (Phi) is 7.31. The summed E-state index contributed by atoms with van der Waals surface area (Å²) in [6.07, 6.45) is 3.86. The van der Waals surface area contributed by atoms with E-state index in [1.54, 1.807) is 6.07 Å². The molecule has 1 heterocycles. The van der Waals surface area contributed by atoms with Crippen molar-refractivity contribution in [2.24, 2.45) is 0 Å². The molecule has 0 amide bonds. The van der Waals surface area contributed by atoms with Gasteiger partial charge in [-0.2, -0.15) is 0 Å². The number of piperidine rings is 1. The standard InChI is InChI=1S/C6H11NS2.C6H5O.Hg/c8-6(9)7-4-2-1-3-5-7;7-6-4-2-1-3-5-6;/h1-5H2,(H,8,9);1-4,7H;/q;;+1/p-1. The van der Waals surface area contributed by atoms with Crippen LogP contribution in [0.5, 0.6) is 5.75 Å². The van der Waals surface area contributed by atoms with E-state index in [-0.39, 0.29) is 0 Å². The molecule has 0 unspecified atom stereocenters. The first kappa shape index (κ1) is 15.1. The third kappa shape index (κ3) is 5.97. The van der Waals surface area contributed by atoms with E-state index in [1.807, 2.05) is 18.2 Å². The molecule has 1 N–H and O–H groups in total. The maximum atomic E-state index is 8.97. The monoisotopic (exact) mass is 455 g/mol. The van der Waals surface area contributed by atoms with Gasteiger partial charge in [-0.05, 0) is 19.3 Å². The predicted octanol–water partition coefficient (Wildman–Crippen LogP) is 1.87. The predicted molar refractivity (Wildman–Crippen MR) is 73.1 cm³/mol. The number of likely N-dealkylation sites (tertiary alicyclic amines) is 1. The van der Waals surface area contributed by atoms with Crippen molar-refractivity contribution in [3.8, 4) is 5.75 Å². The van der Waals surface area contributed by atoms with Crippen molar-refractivity contribution in [2.45, 2.75) is 19.3 Å². The van der Waals surface area contributed by atoms with Gasteiger partial charge in [0.2, 0.25) is 0 Å². The van der Waals surface area contributed by atoms with Gasteiger partial charge in [0.05, 0.1) is 0 Å². The number of benzene rings is 1. The van der Waals surface area contributed by atoms with E-state index in [9.17, 15) is 0 Å². The number of hydrogen-bond acceptors (Lipinski definition) is 3. The Morgan fingerprint density at radius 1 is 1.24 bits per heavy atom. The summed E-state index contributed by atoms with van der Waals surface area (Å²) in [5.74, 6) is 0.454. The van der Waals surface area contributed by atoms with Gasteiger partial charge in [-0.3, -0.25) is 0 Å². The Hall–Kier alpha value is 0.0651. The van der Waals surface area contributed by atoms with Gasteiger partial charge >= 0.3 is 64.3 Å². The summed E-state index contributed by atoms with van der Waals surface area (Å²) in [6, 6.07) is 7.47. The van der Waals surface area contributed by atoms with Crippen molar-refractivity contribution in [1.29, 1.82) is 0 Å². The Morgan fingerprint density at radius 2 is 1.82 bits per heavy atom. The fourth-order valence-corrected chi connectivity index (χ4v) is 2.94. The molecule has 0 aromatic heterocycles. The van der Waals surface area contributed by atoms with Gasteiger partial charge in [-0.25, -0.2) is 0 Å². The number of thiocarbonyl (C=S) groups is 1. The zero-order valence-corrected chi connectivity index (χ0v) is 16.9. The first-order valence-electron chi connectivity index (χ1n) is 5.67. The molecule has 0 spiro atoms. The Balaban J connectivity index is 0.000000171. The summed E-state index contributed by atoms with van der Waals surface area (Å²) in [4.78, 5) is 2.11. The number of nitrogens with zero attached hydrogens (tertiary/aromatic N) is 1. The third-order valence-electron chi connectivity index (χ3n) is 2.61. The SMILES string of the molecule is Oc1cccc[c]1[Hg+].S=C([S-])N1CCCCC1. The van der Waals surface area contributed by atoms with Gasteiger partial charge in [-0.15, -0.1) is 0 Å². The zero-order chi connectivity index (χ0) is 12.7. The molecule has 0 bridgehead atoms.